The second kappa shape index (κ2) is 7.56. The third-order valence-corrected chi connectivity index (χ3v) is 4.85. The van der Waals surface area contributed by atoms with Gasteiger partial charge in [0.2, 0.25) is 0 Å². The molecule has 6 heteroatoms. The lowest BCUT2D eigenvalue weighted by Crippen LogP contribution is -2.31. The van der Waals surface area contributed by atoms with E-state index in [1.165, 1.54) is 11.3 Å². The molecule has 0 aliphatic heterocycles. The van der Waals surface area contributed by atoms with Gasteiger partial charge in [0, 0.05) is 31.4 Å². The summed E-state index contributed by atoms with van der Waals surface area (Å²) in [5, 5.41) is 13.3. The number of nitrogens with zero attached hydrogens (tertiary/aromatic N) is 1. The summed E-state index contributed by atoms with van der Waals surface area (Å²) in [5.74, 6) is 0.937. The van der Waals surface area contributed by atoms with Gasteiger partial charge in [0.15, 0.2) is 0 Å². The number of carbonyl (C=O) groups excluding carboxylic acids is 1. The summed E-state index contributed by atoms with van der Waals surface area (Å²) in [6.45, 7) is 6.38. The Labute approximate surface area is 134 Å². The molecule has 0 aliphatic carbocycles. The molecule has 0 unspecified atom stereocenters. The van der Waals surface area contributed by atoms with Gasteiger partial charge in [-0.05, 0) is 19.1 Å². The summed E-state index contributed by atoms with van der Waals surface area (Å²) < 4.78 is 5.27. The van der Waals surface area contributed by atoms with E-state index in [-0.39, 0.29) is 18.4 Å². The summed E-state index contributed by atoms with van der Waals surface area (Å²) in [6, 6.07) is 3.68. The Bertz CT molecular complexity index is 605. The third kappa shape index (κ3) is 4.18. The number of amides is 1. The van der Waals surface area contributed by atoms with Crippen molar-refractivity contribution in [3.63, 3.8) is 0 Å². The number of carbonyl (C=O) groups is 1. The third-order valence-electron chi connectivity index (χ3n) is 3.39. The van der Waals surface area contributed by atoms with Crippen LogP contribution in [0.3, 0.4) is 0 Å². The summed E-state index contributed by atoms with van der Waals surface area (Å²) in [6.07, 6.45) is 2.21. The fraction of sp³-hybridized carbons (Fsp3) is 0.500. The zero-order chi connectivity index (χ0) is 16.1. The van der Waals surface area contributed by atoms with Crippen LogP contribution in [0.2, 0.25) is 0 Å². The van der Waals surface area contributed by atoms with Gasteiger partial charge < -0.3 is 14.8 Å². The van der Waals surface area contributed by atoms with Crippen LogP contribution in [-0.4, -0.2) is 29.1 Å². The Kier molecular flexibility index (Phi) is 5.74. The molecule has 120 valence electrons. The van der Waals surface area contributed by atoms with E-state index in [1.807, 2.05) is 19.1 Å². The van der Waals surface area contributed by atoms with Crippen molar-refractivity contribution in [2.75, 3.05) is 13.2 Å². The van der Waals surface area contributed by atoms with Gasteiger partial charge in [0.25, 0.3) is 5.91 Å². The normalized spacial score (nSPS) is 12.6. The molecule has 2 N–H and O–H groups in total. The van der Waals surface area contributed by atoms with Gasteiger partial charge in [0.05, 0.1) is 17.0 Å². The number of aliphatic hydroxyl groups is 1. The standard InChI is InChI=1S/C16H22N2O3S/c1-10(2)16-18-11(3)14(22-16)15(20)17-8-12(9-19)7-13-5-4-6-21-13/h4-6,10,12,19H,7-9H2,1-3H3,(H,17,20)/t12-/m0/s1. The number of aromatic nitrogens is 1. The minimum Gasteiger partial charge on any atom is -0.469 e. The van der Waals surface area contributed by atoms with Gasteiger partial charge in [0.1, 0.15) is 10.6 Å². The van der Waals surface area contributed by atoms with Crippen molar-refractivity contribution >= 4 is 17.2 Å². The minimum atomic E-state index is -0.125. The van der Waals surface area contributed by atoms with Crippen LogP contribution >= 0.6 is 11.3 Å². The van der Waals surface area contributed by atoms with Crippen molar-refractivity contribution in [1.82, 2.24) is 10.3 Å². The lowest BCUT2D eigenvalue weighted by atomic mass is 10.1. The van der Waals surface area contributed by atoms with E-state index in [4.69, 9.17) is 4.42 Å². The van der Waals surface area contributed by atoms with E-state index in [2.05, 4.69) is 24.1 Å². The SMILES string of the molecule is Cc1nc(C(C)C)sc1C(=O)NC[C@@H](CO)Cc1ccco1. The molecule has 2 rings (SSSR count). The predicted octanol–water partition coefficient (Wildman–Crippen LogP) is 2.75. The van der Waals surface area contributed by atoms with Crippen LogP contribution in [0.15, 0.2) is 22.8 Å². The van der Waals surface area contributed by atoms with Crippen LogP contribution in [-0.2, 0) is 6.42 Å². The molecular weight excluding hydrogens is 300 g/mol. The molecule has 1 atom stereocenters. The minimum absolute atomic E-state index is 0.000102. The number of furan rings is 1. The Morgan fingerprint density at radius 2 is 2.27 bits per heavy atom. The van der Waals surface area contributed by atoms with Crippen molar-refractivity contribution in [2.24, 2.45) is 5.92 Å². The quantitative estimate of drug-likeness (QED) is 0.822. The van der Waals surface area contributed by atoms with Crippen molar-refractivity contribution in [2.45, 2.75) is 33.1 Å². The van der Waals surface area contributed by atoms with E-state index in [1.54, 1.807) is 6.26 Å². The van der Waals surface area contributed by atoms with Crippen LogP contribution < -0.4 is 5.32 Å². The first-order chi connectivity index (χ1) is 10.5. The number of aliphatic hydroxyl groups excluding tert-OH is 1. The summed E-state index contributed by atoms with van der Waals surface area (Å²) >= 11 is 1.44. The van der Waals surface area contributed by atoms with Crippen molar-refractivity contribution < 1.29 is 14.3 Å². The first kappa shape index (κ1) is 16.7. The molecule has 0 spiro atoms. The monoisotopic (exact) mass is 322 g/mol. The summed E-state index contributed by atoms with van der Waals surface area (Å²) in [5.41, 5.74) is 0.762. The van der Waals surface area contributed by atoms with Gasteiger partial charge in [-0.1, -0.05) is 13.8 Å². The molecule has 0 aliphatic rings. The first-order valence-electron chi connectivity index (χ1n) is 7.40. The van der Waals surface area contributed by atoms with E-state index in [9.17, 15) is 9.90 Å². The molecule has 2 heterocycles. The fourth-order valence-electron chi connectivity index (χ4n) is 2.11. The Morgan fingerprint density at radius 3 is 2.82 bits per heavy atom. The van der Waals surface area contributed by atoms with Gasteiger partial charge >= 0.3 is 0 Å². The highest BCUT2D eigenvalue weighted by Gasteiger charge is 2.18. The number of thiazole rings is 1. The van der Waals surface area contributed by atoms with E-state index in [0.29, 0.717) is 23.8 Å². The molecule has 2 aromatic heterocycles. The van der Waals surface area contributed by atoms with Crippen molar-refractivity contribution in [3.8, 4) is 0 Å². The highest BCUT2D eigenvalue weighted by molar-refractivity contribution is 7.13. The maximum Gasteiger partial charge on any atom is 0.263 e. The van der Waals surface area contributed by atoms with Gasteiger partial charge in [-0.15, -0.1) is 11.3 Å². The number of aryl methyl sites for hydroxylation is 1. The molecule has 0 saturated heterocycles. The average molecular weight is 322 g/mol. The van der Waals surface area contributed by atoms with Gasteiger partial charge in [-0.3, -0.25) is 4.79 Å². The van der Waals surface area contributed by atoms with Crippen LogP contribution in [0.25, 0.3) is 0 Å². The van der Waals surface area contributed by atoms with Crippen LogP contribution in [0, 0.1) is 12.8 Å². The number of nitrogens with one attached hydrogen (secondary N) is 1. The summed E-state index contributed by atoms with van der Waals surface area (Å²) in [4.78, 5) is 17.4. The molecule has 0 bridgehead atoms. The number of rotatable bonds is 7. The van der Waals surface area contributed by atoms with Gasteiger partial charge in [-0.2, -0.15) is 0 Å². The second-order valence-electron chi connectivity index (χ2n) is 5.66. The highest BCUT2D eigenvalue weighted by atomic mass is 32.1. The second-order valence-corrected chi connectivity index (χ2v) is 6.69. The molecule has 1 amide bonds. The van der Waals surface area contributed by atoms with Crippen molar-refractivity contribution in [1.29, 1.82) is 0 Å². The smallest absolute Gasteiger partial charge is 0.263 e. The molecule has 0 aromatic carbocycles. The largest absolute Gasteiger partial charge is 0.469 e. The van der Waals surface area contributed by atoms with Crippen molar-refractivity contribution in [3.05, 3.63) is 39.7 Å². The topological polar surface area (TPSA) is 75.4 Å². The van der Waals surface area contributed by atoms with Crippen LogP contribution in [0.5, 0.6) is 0 Å². The Morgan fingerprint density at radius 1 is 1.50 bits per heavy atom. The maximum atomic E-state index is 12.3. The first-order valence-corrected chi connectivity index (χ1v) is 8.21. The average Bonchev–Trinajstić information content (AvgIpc) is 3.12. The molecule has 2 aromatic rings. The van der Waals surface area contributed by atoms with Gasteiger partial charge in [-0.25, -0.2) is 4.98 Å². The van der Waals surface area contributed by atoms with E-state index in [0.717, 1.165) is 16.5 Å². The zero-order valence-electron chi connectivity index (χ0n) is 13.1. The lowest BCUT2D eigenvalue weighted by Gasteiger charge is -2.13. The zero-order valence-corrected chi connectivity index (χ0v) is 13.9. The Hall–Kier alpha value is -1.66. The molecule has 5 nitrogen and oxygen atoms in total. The van der Waals surface area contributed by atoms with E-state index < -0.39 is 0 Å². The van der Waals surface area contributed by atoms with Crippen LogP contribution in [0.4, 0.5) is 0 Å². The Balaban J connectivity index is 1.93. The van der Waals surface area contributed by atoms with Crippen LogP contribution in [0.1, 0.15) is 45.9 Å². The molecular formula is C16H22N2O3S. The molecule has 0 fully saturated rings. The maximum absolute atomic E-state index is 12.3. The predicted molar refractivity (Wildman–Crippen MR) is 86.3 cm³/mol. The lowest BCUT2D eigenvalue weighted by molar-refractivity contribution is 0.0942. The highest BCUT2D eigenvalue weighted by Crippen LogP contribution is 2.24. The molecule has 0 radical (unpaired) electrons. The van der Waals surface area contributed by atoms with E-state index >= 15 is 0 Å². The molecule has 0 saturated carbocycles. The number of hydrogen-bond donors (Lipinski definition) is 2. The molecule has 22 heavy (non-hydrogen) atoms. The summed E-state index contributed by atoms with van der Waals surface area (Å²) in [7, 11) is 0. The number of hydrogen-bond acceptors (Lipinski definition) is 5. The fourth-order valence-corrected chi connectivity index (χ4v) is 3.09.